The monoisotopic (exact) mass is 277 g/mol. The van der Waals surface area contributed by atoms with E-state index >= 15 is 0 Å². The third-order valence-corrected chi connectivity index (χ3v) is 3.43. The highest BCUT2D eigenvalue weighted by molar-refractivity contribution is 7.15. The molecule has 7 nitrogen and oxygen atoms in total. The lowest BCUT2D eigenvalue weighted by Crippen LogP contribution is -1.90. The van der Waals surface area contributed by atoms with Gasteiger partial charge in [-0.05, 0) is 6.07 Å². The maximum atomic E-state index is 10.8. The standard InChI is InChI=1S/C11H7N3O4S/c15-9-4-6(3-8(10(9)16)14(17)18)7-5-13-1-2-19-11(13)12-7/h1-5,15-16H. The van der Waals surface area contributed by atoms with Crippen molar-refractivity contribution in [2.24, 2.45) is 0 Å². The maximum Gasteiger partial charge on any atom is 0.315 e. The average molecular weight is 277 g/mol. The van der Waals surface area contributed by atoms with E-state index in [9.17, 15) is 20.3 Å². The SMILES string of the molecule is O=[N+]([O-])c1cc(-c2cn3ccsc3n2)cc(O)c1O. The molecule has 8 heteroatoms. The molecule has 0 aliphatic heterocycles. The number of nitro benzene ring substituents is 1. The summed E-state index contributed by atoms with van der Waals surface area (Å²) < 4.78 is 1.77. The zero-order valence-electron chi connectivity index (χ0n) is 9.35. The lowest BCUT2D eigenvalue weighted by molar-refractivity contribution is -0.385. The first-order chi connectivity index (χ1) is 9.06. The number of hydrogen-bond donors (Lipinski definition) is 2. The van der Waals surface area contributed by atoms with Gasteiger partial charge in [0.25, 0.3) is 0 Å². The van der Waals surface area contributed by atoms with Crippen molar-refractivity contribution in [3.05, 3.63) is 40.0 Å². The van der Waals surface area contributed by atoms with Crippen molar-refractivity contribution >= 4 is 22.0 Å². The molecule has 2 N–H and O–H groups in total. The molecule has 96 valence electrons. The van der Waals surface area contributed by atoms with Crippen molar-refractivity contribution in [2.45, 2.75) is 0 Å². The van der Waals surface area contributed by atoms with E-state index in [1.807, 2.05) is 11.6 Å². The van der Waals surface area contributed by atoms with Crippen LogP contribution in [-0.2, 0) is 0 Å². The lowest BCUT2D eigenvalue weighted by atomic mass is 10.1. The van der Waals surface area contributed by atoms with Crippen LogP contribution in [0, 0.1) is 10.1 Å². The van der Waals surface area contributed by atoms with Gasteiger partial charge in [0.15, 0.2) is 10.7 Å². The fourth-order valence-corrected chi connectivity index (χ4v) is 2.46. The van der Waals surface area contributed by atoms with Crippen molar-refractivity contribution in [1.29, 1.82) is 0 Å². The van der Waals surface area contributed by atoms with Crippen LogP contribution in [0.4, 0.5) is 5.69 Å². The molecule has 2 aromatic heterocycles. The topological polar surface area (TPSA) is 101 Å². The summed E-state index contributed by atoms with van der Waals surface area (Å²) >= 11 is 1.43. The Balaban J connectivity index is 2.20. The van der Waals surface area contributed by atoms with Crippen molar-refractivity contribution in [1.82, 2.24) is 9.38 Å². The molecule has 0 radical (unpaired) electrons. The summed E-state index contributed by atoms with van der Waals surface area (Å²) in [6, 6.07) is 2.43. The molecule has 0 spiro atoms. The number of imidazole rings is 1. The normalized spacial score (nSPS) is 10.9. The first kappa shape index (κ1) is 11.5. The molecule has 1 aromatic carbocycles. The smallest absolute Gasteiger partial charge is 0.315 e. The predicted molar refractivity (Wildman–Crippen MR) is 68.5 cm³/mol. The first-order valence-electron chi connectivity index (χ1n) is 5.19. The summed E-state index contributed by atoms with van der Waals surface area (Å²) in [5, 5.41) is 31.6. The second-order valence-electron chi connectivity index (χ2n) is 3.84. The second kappa shape index (κ2) is 3.95. The molecule has 2 heterocycles. The predicted octanol–water partition coefficient (Wildman–Crippen LogP) is 2.38. The number of phenolic OH excluding ortho intramolecular Hbond substituents is 2. The minimum absolute atomic E-state index is 0.373. The zero-order valence-corrected chi connectivity index (χ0v) is 10.2. The number of phenols is 2. The molecule has 0 fully saturated rings. The molecule has 0 aliphatic carbocycles. The molecule has 3 aromatic rings. The van der Waals surface area contributed by atoms with E-state index in [0.717, 1.165) is 4.96 Å². The summed E-state index contributed by atoms with van der Waals surface area (Å²) in [5.41, 5.74) is 0.314. The van der Waals surface area contributed by atoms with Crippen LogP contribution < -0.4 is 0 Å². The Bertz CT molecular complexity index is 764. The quantitative estimate of drug-likeness (QED) is 0.425. The van der Waals surface area contributed by atoms with Crippen LogP contribution in [0.2, 0.25) is 0 Å². The average Bonchev–Trinajstić information content (AvgIpc) is 2.92. The maximum absolute atomic E-state index is 10.8. The van der Waals surface area contributed by atoms with Crippen LogP contribution in [-0.4, -0.2) is 24.5 Å². The van der Waals surface area contributed by atoms with E-state index in [0.29, 0.717) is 11.3 Å². The fraction of sp³-hybridized carbons (Fsp3) is 0. The number of aromatic nitrogens is 2. The van der Waals surface area contributed by atoms with Crippen molar-refractivity contribution in [3.63, 3.8) is 0 Å². The van der Waals surface area contributed by atoms with E-state index in [2.05, 4.69) is 4.98 Å². The fourth-order valence-electron chi connectivity index (χ4n) is 1.76. The second-order valence-corrected chi connectivity index (χ2v) is 4.71. The molecule has 0 saturated heterocycles. The summed E-state index contributed by atoms with van der Waals surface area (Å²) in [6.07, 6.45) is 3.51. The molecule has 0 amide bonds. The number of thiazole rings is 1. The summed E-state index contributed by atoms with van der Waals surface area (Å²) in [7, 11) is 0. The van der Waals surface area contributed by atoms with Gasteiger partial charge in [-0.15, -0.1) is 11.3 Å². The van der Waals surface area contributed by atoms with Crippen LogP contribution >= 0.6 is 11.3 Å². The van der Waals surface area contributed by atoms with E-state index in [-0.39, 0.29) is 0 Å². The highest BCUT2D eigenvalue weighted by Crippen LogP contribution is 2.39. The van der Waals surface area contributed by atoms with Gasteiger partial charge >= 0.3 is 5.69 Å². The van der Waals surface area contributed by atoms with Crippen LogP contribution in [0.15, 0.2) is 29.9 Å². The largest absolute Gasteiger partial charge is 0.504 e. The van der Waals surface area contributed by atoms with Gasteiger partial charge in [0, 0.05) is 29.4 Å². The summed E-state index contributed by atoms with van der Waals surface area (Å²) in [5.74, 6) is -1.28. The Hall–Kier alpha value is -2.61. The van der Waals surface area contributed by atoms with Gasteiger partial charge in [-0.2, -0.15) is 0 Å². The summed E-state index contributed by atoms with van der Waals surface area (Å²) in [6.45, 7) is 0. The van der Waals surface area contributed by atoms with Gasteiger partial charge in [-0.1, -0.05) is 0 Å². The van der Waals surface area contributed by atoms with E-state index in [4.69, 9.17) is 0 Å². The number of benzene rings is 1. The Morgan fingerprint density at radius 2 is 2.16 bits per heavy atom. The number of aromatic hydroxyl groups is 2. The minimum atomic E-state index is -0.753. The molecule has 0 atom stereocenters. The molecule has 0 aliphatic rings. The lowest BCUT2D eigenvalue weighted by Gasteiger charge is -2.02. The number of hydrogen-bond acceptors (Lipinski definition) is 6. The Labute approximate surface area is 110 Å². The first-order valence-corrected chi connectivity index (χ1v) is 6.07. The van der Waals surface area contributed by atoms with Crippen molar-refractivity contribution in [2.75, 3.05) is 0 Å². The summed E-state index contributed by atoms with van der Waals surface area (Å²) in [4.78, 5) is 15.1. The number of rotatable bonds is 2. The minimum Gasteiger partial charge on any atom is -0.504 e. The molecular weight excluding hydrogens is 270 g/mol. The Morgan fingerprint density at radius 3 is 2.84 bits per heavy atom. The van der Waals surface area contributed by atoms with E-state index in [1.165, 1.54) is 23.5 Å². The molecule has 0 saturated carbocycles. The van der Waals surface area contributed by atoms with Crippen LogP contribution in [0.1, 0.15) is 0 Å². The van der Waals surface area contributed by atoms with Crippen molar-refractivity contribution in [3.8, 4) is 22.8 Å². The highest BCUT2D eigenvalue weighted by atomic mass is 32.1. The van der Waals surface area contributed by atoms with Gasteiger partial charge in [-0.25, -0.2) is 4.98 Å². The van der Waals surface area contributed by atoms with Gasteiger partial charge in [0.05, 0.1) is 10.6 Å². The zero-order chi connectivity index (χ0) is 13.6. The van der Waals surface area contributed by atoms with Gasteiger partial charge < -0.3 is 10.2 Å². The van der Waals surface area contributed by atoms with Gasteiger partial charge in [-0.3, -0.25) is 14.5 Å². The van der Waals surface area contributed by atoms with Crippen LogP contribution in [0.25, 0.3) is 16.2 Å². The molecule has 3 rings (SSSR count). The van der Waals surface area contributed by atoms with Crippen LogP contribution in [0.3, 0.4) is 0 Å². The molecule has 0 bridgehead atoms. The number of nitrogens with zero attached hydrogens (tertiary/aromatic N) is 3. The molecular formula is C11H7N3O4S. The molecule has 19 heavy (non-hydrogen) atoms. The third kappa shape index (κ3) is 1.78. The molecule has 0 unspecified atom stereocenters. The highest BCUT2D eigenvalue weighted by Gasteiger charge is 2.20. The van der Waals surface area contributed by atoms with Gasteiger partial charge in [0.2, 0.25) is 5.75 Å². The van der Waals surface area contributed by atoms with Gasteiger partial charge in [0.1, 0.15) is 0 Å². The Morgan fingerprint density at radius 1 is 1.37 bits per heavy atom. The number of nitro groups is 1. The van der Waals surface area contributed by atoms with E-state index < -0.39 is 22.1 Å². The van der Waals surface area contributed by atoms with Crippen molar-refractivity contribution < 1.29 is 15.1 Å². The number of fused-ring (bicyclic) bond motifs is 1. The Kier molecular flexibility index (Phi) is 2.39. The van der Waals surface area contributed by atoms with E-state index in [1.54, 1.807) is 10.6 Å². The third-order valence-electron chi connectivity index (χ3n) is 2.66. The van der Waals surface area contributed by atoms with Crippen LogP contribution in [0.5, 0.6) is 11.5 Å².